The number of rotatable bonds is 4. The monoisotopic (exact) mass is 487 g/mol. The van der Waals surface area contributed by atoms with Crippen LogP contribution >= 0.6 is 0 Å². The lowest BCUT2D eigenvalue weighted by Gasteiger charge is -2.27. The number of hydrogen-bond donors (Lipinski definition) is 0. The van der Waals surface area contributed by atoms with Gasteiger partial charge >= 0.3 is 6.18 Å². The Morgan fingerprint density at radius 1 is 1.14 bits per heavy atom. The number of alkyl halides is 3. The van der Waals surface area contributed by atoms with Crippen LogP contribution < -0.4 is 10.5 Å². The molecule has 1 aliphatic carbocycles. The van der Waals surface area contributed by atoms with Crippen molar-refractivity contribution in [3.63, 3.8) is 0 Å². The predicted octanol–water partition coefficient (Wildman–Crippen LogP) is 3.21. The summed E-state index contributed by atoms with van der Waals surface area (Å²) in [7, 11) is 3.33. The van der Waals surface area contributed by atoms with E-state index in [-0.39, 0.29) is 40.3 Å². The third-order valence-corrected chi connectivity index (χ3v) is 6.82. The Kier molecular flexibility index (Phi) is 5.37. The molecule has 11 heteroatoms. The maximum atomic E-state index is 14.2. The van der Waals surface area contributed by atoms with Gasteiger partial charge in [-0.05, 0) is 18.2 Å². The highest BCUT2D eigenvalue weighted by Crippen LogP contribution is 2.50. The van der Waals surface area contributed by atoms with E-state index < -0.39 is 23.5 Å². The van der Waals surface area contributed by atoms with Gasteiger partial charge in [0.05, 0.1) is 23.0 Å². The minimum atomic E-state index is -4.62. The lowest BCUT2D eigenvalue weighted by atomic mass is 10.1. The highest BCUT2D eigenvalue weighted by atomic mass is 19.4. The van der Waals surface area contributed by atoms with Gasteiger partial charge in [-0.3, -0.25) is 19.1 Å². The molecule has 1 aliphatic heterocycles. The minimum absolute atomic E-state index is 0.0280. The number of amides is 1. The van der Waals surface area contributed by atoms with Crippen LogP contribution in [0.1, 0.15) is 15.9 Å². The van der Waals surface area contributed by atoms with Crippen molar-refractivity contribution in [2.45, 2.75) is 12.2 Å². The third-order valence-electron chi connectivity index (χ3n) is 6.82. The molecule has 1 saturated heterocycles. The molecule has 2 fully saturated rings. The summed E-state index contributed by atoms with van der Waals surface area (Å²) in [5, 5.41) is 0. The molecule has 0 radical (unpaired) electrons. The van der Waals surface area contributed by atoms with Crippen LogP contribution in [0, 0.1) is 17.7 Å². The molecule has 1 saturated carbocycles. The molecule has 2 aromatic heterocycles. The fourth-order valence-corrected chi connectivity index (χ4v) is 5.02. The second-order valence-electron chi connectivity index (χ2n) is 8.88. The Bertz CT molecular complexity index is 1360. The number of carbonyl (C=O) groups is 1. The van der Waals surface area contributed by atoms with E-state index >= 15 is 0 Å². The number of aromatic nitrogens is 3. The molecular formula is C24H21F4N5O2. The van der Waals surface area contributed by atoms with Gasteiger partial charge in [0.15, 0.2) is 5.82 Å². The number of nitrogens with zero attached hydrogens (tertiary/aromatic N) is 5. The first kappa shape index (κ1) is 23.0. The lowest BCUT2D eigenvalue weighted by Crippen LogP contribution is -2.38. The molecule has 1 aromatic carbocycles. The molecular weight excluding hydrogens is 466 g/mol. The summed E-state index contributed by atoms with van der Waals surface area (Å²) in [6.45, 7) is 0.606. The molecule has 3 heterocycles. The van der Waals surface area contributed by atoms with E-state index in [0.717, 1.165) is 12.3 Å². The highest BCUT2D eigenvalue weighted by molar-refractivity contribution is 5.96. The number of anilines is 1. The summed E-state index contributed by atoms with van der Waals surface area (Å²) in [6.07, 6.45) is -2.16. The standard InChI is InChI=1S/C24H21F4N5O2/c1-31-20(34)9-19(14-7-8-29-10-18(14)25)30-23(31)32(2)21-15-11-33(12-16(15)21)22(35)13-5-3-4-6-17(13)24(26,27)28/h3-10,15-16,21H,11-12H2,1-2H3/t15-,16+,21+. The normalized spacial score (nSPS) is 21.1. The van der Waals surface area contributed by atoms with E-state index in [1.54, 1.807) is 14.1 Å². The van der Waals surface area contributed by atoms with Gasteiger partial charge in [0.25, 0.3) is 11.5 Å². The number of hydrogen-bond acceptors (Lipinski definition) is 5. The Labute approximate surface area is 197 Å². The van der Waals surface area contributed by atoms with E-state index in [4.69, 9.17) is 0 Å². The Morgan fingerprint density at radius 2 is 1.83 bits per heavy atom. The predicted molar refractivity (Wildman–Crippen MR) is 119 cm³/mol. The summed E-state index contributed by atoms with van der Waals surface area (Å²) < 4.78 is 55.6. The van der Waals surface area contributed by atoms with Gasteiger partial charge in [0.1, 0.15) is 0 Å². The fraction of sp³-hybridized carbons (Fsp3) is 0.333. The van der Waals surface area contributed by atoms with Crippen molar-refractivity contribution in [1.29, 1.82) is 0 Å². The molecule has 5 rings (SSSR count). The number of likely N-dealkylation sites (tertiary alicyclic amines) is 1. The Balaban J connectivity index is 1.35. The van der Waals surface area contributed by atoms with Crippen LogP contribution in [0.15, 0.2) is 53.6 Å². The van der Waals surface area contributed by atoms with Gasteiger partial charge in [0, 0.05) is 62.9 Å². The molecule has 0 bridgehead atoms. The molecule has 0 N–H and O–H groups in total. The van der Waals surface area contributed by atoms with Crippen molar-refractivity contribution in [2.24, 2.45) is 18.9 Å². The van der Waals surface area contributed by atoms with Crippen LogP contribution in [0.25, 0.3) is 11.3 Å². The van der Waals surface area contributed by atoms with Crippen molar-refractivity contribution in [1.82, 2.24) is 19.4 Å². The molecule has 3 aromatic rings. The number of carbonyl (C=O) groups excluding carboxylic acids is 1. The van der Waals surface area contributed by atoms with Gasteiger partial charge in [0.2, 0.25) is 5.95 Å². The number of pyridine rings is 1. The van der Waals surface area contributed by atoms with Crippen LogP contribution in [0.2, 0.25) is 0 Å². The van der Waals surface area contributed by atoms with Gasteiger partial charge in [-0.15, -0.1) is 0 Å². The zero-order chi connectivity index (χ0) is 25.1. The summed E-state index contributed by atoms with van der Waals surface area (Å²) in [4.78, 5) is 36.9. The van der Waals surface area contributed by atoms with Crippen LogP contribution in [0.3, 0.4) is 0 Å². The first-order valence-electron chi connectivity index (χ1n) is 10.9. The van der Waals surface area contributed by atoms with Crippen molar-refractivity contribution in [3.8, 4) is 11.3 Å². The van der Waals surface area contributed by atoms with Crippen molar-refractivity contribution >= 4 is 11.9 Å². The molecule has 35 heavy (non-hydrogen) atoms. The molecule has 0 spiro atoms. The largest absolute Gasteiger partial charge is 0.417 e. The van der Waals surface area contributed by atoms with Crippen LogP contribution in [0.5, 0.6) is 0 Å². The average Bonchev–Trinajstić information content (AvgIpc) is 3.32. The number of benzene rings is 1. The minimum Gasteiger partial charge on any atom is -0.342 e. The number of piperidine rings is 1. The quantitative estimate of drug-likeness (QED) is 0.529. The maximum Gasteiger partial charge on any atom is 0.417 e. The summed E-state index contributed by atoms with van der Waals surface area (Å²) in [6, 6.07) is 7.42. The van der Waals surface area contributed by atoms with E-state index in [0.29, 0.717) is 19.0 Å². The number of halogens is 4. The first-order chi connectivity index (χ1) is 16.6. The summed E-state index contributed by atoms with van der Waals surface area (Å²) in [5.74, 6) is -0.852. The van der Waals surface area contributed by atoms with E-state index in [2.05, 4.69) is 9.97 Å². The first-order valence-corrected chi connectivity index (χ1v) is 10.9. The molecule has 2 aliphatic rings. The topological polar surface area (TPSA) is 71.3 Å². The fourth-order valence-electron chi connectivity index (χ4n) is 5.02. The van der Waals surface area contributed by atoms with E-state index in [9.17, 15) is 27.2 Å². The average molecular weight is 487 g/mol. The molecule has 0 unspecified atom stereocenters. The second kappa shape index (κ2) is 8.17. The van der Waals surface area contributed by atoms with Gasteiger partial charge < -0.3 is 9.80 Å². The zero-order valence-electron chi connectivity index (χ0n) is 18.8. The molecule has 7 nitrogen and oxygen atoms in total. The van der Waals surface area contributed by atoms with Crippen LogP contribution in [-0.2, 0) is 13.2 Å². The zero-order valence-corrected chi connectivity index (χ0v) is 18.8. The molecule has 182 valence electrons. The van der Waals surface area contributed by atoms with Crippen molar-refractivity contribution in [2.75, 3.05) is 25.0 Å². The van der Waals surface area contributed by atoms with Crippen molar-refractivity contribution in [3.05, 3.63) is 76.1 Å². The van der Waals surface area contributed by atoms with E-state index in [1.165, 1.54) is 46.0 Å². The van der Waals surface area contributed by atoms with Gasteiger partial charge in [-0.2, -0.15) is 13.2 Å². The second-order valence-corrected chi connectivity index (χ2v) is 8.88. The van der Waals surface area contributed by atoms with Gasteiger partial charge in [-0.1, -0.05) is 12.1 Å². The summed E-state index contributed by atoms with van der Waals surface area (Å²) >= 11 is 0. The number of fused-ring (bicyclic) bond motifs is 1. The summed E-state index contributed by atoms with van der Waals surface area (Å²) in [5.41, 5.74) is -1.33. The third kappa shape index (κ3) is 3.94. The van der Waals surface area contributed by atoms with Crippen molar-refractivity contribution < 1.29 is 22.4 Å². The van der Waals surface area contributed by atoms with Gasteiger partial charge in [-0.25, -0.2) is 9.37 Å². The molecule has 1 amide bonds. The lowest BCUT2D eigenvalue weighted by molar-refractivity contribution is -0.138. The van der Waals surface area contributed by atoms with Crippen LogP contribution in [-0.4, -0.2) is 51.5 Å². The Hall–Kier alpha value is -3.76. The Morgan fingerprint density at radius 3 is 2.49 bits per heavy atom. The smallest absolute Gasteiger partial charge is 0.342 e. The van der Waals surface area contributed by atoms with E-state index in [1.807, 2.05) is 4.90 Å². The molecule has 3 atom stereocenters. The van der Waals surface area contributed by atoms with Crippen LogP contribution in [0.4, 0.5) is 23.5 Å². The highest BCUT2D eigenvalue weighted by Gasteiger charge is 2.59. The maximum absolute atomic E-state index is 14.2. The SMILES string of the molecule is CN(c1nc(-c2ccncc2F)cc(=O)n1C)[C@H]1[C@@H]2CN(C(=O)c3ccccc3C(F)(F)F)C[C@@H]21.